The van der Waals surface area contributed by atoms with Gasteiger partial charge in [-0.05, 0) is 37.1 Å². The molecule has 1 aliphatic carbocycles. The Balaban J connectivity index is 1.43. The quantitative estimate of drug-likeness (QED) is 0.704. The van der Waals surface area contributed by atoms with Crippen molar-refractivity contribution in [1.82, 2.24) is 25.4 Å². The second kappa shape index (κ2) is 7.20. The number of amides is 1. The summed E-state index contributed by atoms with van der Waals surface area (Å²) < 4.78 is 5.23. The van der Waals surface area contributed by atoms with Gasteiger partial charge in [-0.1, -0.05) is 11.2 Å². The Morgan fingerprint density at radius 2 is 2.15 bits per heavy atom. The first kappa shape index (κ1) is 16.6. The molecule has 0 aromatic carbocycles. The lowest BCUT2D eigenvalue weighted by molar-refractivity contribution is 0.0943. The van der Waals surface area contributed by atoms with Crippen molar-refractivity contribution in [2.75, 3.05) is 5.73 Å². The van der Waals surface area contributed by atoms with E-state index in [2.05, 4.69) is 25.4 Å². The normalized spacial score (nSPS) is 13.4. The smallest absolute Gasteiger partial charge is 0.270 e. The molecule has 3 N–H and O–H groups in total. The minimum atomic E-state index is -0.290. The number of carbonyl (C=O) groups excluding carboxylic acids is 1. The van der Waals surface area contributed by atoms with Crippen LogP contribution in [0.2, 0.25) is 0 Å². The first-order valence-corrected chi connectivity index (χ1v) is 9.34. The summed E-state index contributed by atoms with van der Waals surface area (Å²) in [7, 11) is 0. The molecule has 0 fully saturated rings. The molecule has 0 atom stereocenters. The average Bonchev–Trinajstić information content (AvgIpc) is 3.31. The highest BCUT2D eigenvalue weighted by atomic mass is 32.1. The summed E-state index contributed by atoms with van der Waals surface area (Å²) in [6.07, 6.45) is 4.30. The maximum atomic E-state index is 12.6. The van der Waals surface area contributed by atoms with E-state index in [4.69, 9.17) is 10.3 Å². The number of nitrogen functional groups attached to an aromatic ring is 1. The van der Waals surface area contributed by atoms with Crippen molar-refractivity contribution < 1.29 is 9.32 Å². The molecule has 134 valence electrons. The average molecular weight is 370 g/mol. The summed E-state index contributed by atoms with van der Waals surface area (Å²) in [6.45, 7) is 0.172. The third-order valence-corrected chi connectivity index (χ3v) is 5.11. The van der Waals surface area contributed by atoms with E-state index in [0.29, 0.717) is 23.8 Å². The van der Waals surface area contributed by atoms with Gasteiger partial charge in [-0.15, -0.1) is 11.3 Å². The number of hydrogen-bond donors (Lipinski definition) is 2. The molecule has 8 nitrogen and oxygen atoms in total. The van der Waals surface area contributed by atoms with Gasteiger partial charge in [0.05, 0.1) is 13.0 Å². The van der Waals surface area contributed by atoms with Crippen LogP contribution in [0.4, 0.5) is 5.95 Å². The van der Waals surface area contributed by atoms with Gasteiger partial charge in [0, 0.05) is 16.1 Å². The van der Waals surface area contributed by atoms with E-state index >= 15 is 0 Å². The third-order valence-electron chi connectivity index (χ3n) is 4.24. The Morgan fingerprint density at radius 1 is 1.27 bits per heavy atom. The van der Waals surface area contributed by atoms with Crippen molar-refractivity contribution in [3.05, 3.63) is 51.1 Å². The molecule has 0 aliphatic heterocycles. The molecule has 0 bridgehead atoms. The van der Waals surface area contributed by atoms with Crippen LogP contribution < -0.4 is 11.1 Å². The van der Waals surface area contributed by atoms with Gasteiger partial charge in [-0.3, -0.25) is 4.79 Å². The topological polar surface area (TPSA) is 120 Å². The van der Waals surface area contributed by atoms with E-state index in [1.165, 1.54) is 0 Å². The lowest BCUT2D eigenvalue weighted by Crippen LogP contribution is -2.28. The molecule has 3 aromatic heterocycles. The molecule has 1 amide bonds. The number of aryl methyl sites for hydroxylation is 1. The zero-order valence-electron chi connectivity index (χ0n) is 14.1. The third kappa shape index (κ3) is 3.57. The molecule has 0 saturated heterocycles. The summed E-state index contributed by atoms with van der Waals surface area (Å²) >= 11 is 1.63. The minimum Gasteiger partial charge on any atom is -0.368 e. The molecule has 9 heteroatoms. The number of thiophene rings is 1. The second-order valence-electron chi connectivity index (χ2n) is 6.11. The number of nitrogens with zero attached hydrogens (tertiary/aromatic N) is 4. The summed E-state index contributed by atoms with van der Waals surface area (Å²) in [5.74, 6) is 0.802. The van der Waals surface area contributed by atoms with Crippen molar-refractivity contribution in [2.24, 2.45) is 0 Å². The summed E-state index contributed by atoms with van der Waals surface area (Å²) in [5.41, 5.74) is 7.89. The summed E-state index contributed by atoms with van der Waals surface area (Å²) in [4.78, 5) is 26.4. The highest BCUT2D eigenvalue weighted by Crippen LogP contribution is 2.22. The van der Waals surface area contributed by atoms with Crippen LogP contribution in [-0.4, -0.2) is 26.0 Å². The highest BCUT2D eigenvalue weighted by molar-refractivity contribution is 7.09. The number of aromatic nitrogens is 4. The SMILES string of the molecule is Nc1nc2c(c(C(=O)NCc3noc(Cc4cccs4)n3)n1)CCCC2. The first-order chi connectivity index (χ1) is 12.7. The molecule has 3 heterocycles. The molecule has 0 spiro atoms. The van der Waals surface area contributed by atoms with E-state index in [1.54, 1.807) is 11.3 Å². The fourth-order valence-electron chi connectivity index (χ4n) is 3.04. The number of rotatable bonds is 5. The summed E-state index contributed by atoms with van der Waals surface area (Å²) in [5, 5.41) is 8.71. The maximum absolute atomic E-state index is 12.6. The van der Waals surface area contributed by atoms with Crippen molar-refractivity contribution in [3.63, 3.8) is 0 Å². The Labute approximate surface area is 153 Å². The fraction of sp³-hybridized carbons (Fsp3) is 0.353. The Hall–Kier alpha value is -2.81. The lowest BCUT2D eigenvalue weighted by Gasteiger charge is -2.17. The number of carbonyl (C=O) groups is 1. The van der Waals surface area contributed by atoms with Crippen molar-refractivity contribution in [3.8, 4) is 0 Å². The fourth-order valence-corrected chi connectivity index (χ4v) is 3.74. The summed E-state index contributed by atoms with van der Waals surface area (Å²) in [6, 6.07) is 3.99. The van der Waals surface area contributed by atoms with E-state index in [1.807, 2.05) is 17.5 Å². The van der Waals surface area contributed by atoms with Crippen LogP contribution in [0.25, 0.3) is 0 Å². The molecule has 0 unspecified atom stereocenters. The van der Waals surface area contributed by atoms with Gasteiger partial charge in [-0.25, -0.2) is 9.97 Å². The molecule has 0 saturated carbocycles. The van der Waals surface area contributed by atoms with Crippen LogP contribution in [0, 0.1) is 0 Å². The van der Waals surface area contributed by atoms with Gasteiger partial charge in [0.1, 0.15) is 5.69 Å². The van der Waals surface area contributed by atoms with Gasteiger partial charge in [0.15, 0.2) is 5.82 Å². The predicted molar refractivity (Wildman–Crippen MR) is 95.7 cm³/mol. The van der Waals surface area contributed by atoms with E-state index in [-0.39, 0.29) is 18.4 Å². The van der Waals surface area contributed by atoms with Crippen LogP contribution in [-0.2, 0) is 25.8 Å². The molecule has 26 heavy (non-hydrogen) atoms. The minimum absolute atomic E-state index is 0.133. The van der Waals surface area contributed by atoms with Crippen molar-refractivity contribution >= 4 is 23.2 Å². The van der Waals surface area contributed by atoms with Gasteiger partial charge < -0.3 is 15.6 Å². The zero-order chi connectivity index (χ0) is 17.9. The van der Waals surface area contributed by atoms with Crippen LogP contribution in [0.15, 0.2) is 22.0 Å². The Kier molecular flexibility index (Phi) is 4.61. The van der Waals surface area contributed by atoms with E-state index in [9.17, 15) is 4.79 Å². The maximum Gasteiger partial charge on any atom is 0.270 e. The van der Waals surface area contributed by atoms with Crippen LogP contribution in [0.1, 0.15) is 51.2 Å². The van der Waals surface area contributed by atoms with Crippen molar-refractivity contribution in [1.29, 1.82) is 0 Å². The molecule has 0 radical (unpaired) electrons. The number of nitrogens with one attached hydrogen (secondary N) is 1. The number of fused-ring (bicyclic) bond motifs is 1. The molecule has 4 rings (SSSR count). The van der Waals surface area contributed by atoms with E-state index < -0.39 is 0 Å². The Morgan fingerprint density at radius 3 is 3.00 bits per heavy atom. The van der Waals surface area contributed by atoms with Crippen molar-refractivity contribution in [2.45, 2.75) is 38.6 Å². The van der Waals surface area contributed by atoms with Crippen LogP contribution in [0.3, 0.4) is 0 Å². The molecule has 1 aliphatic rings. The highest BCUT2D eigenvalue weighted by Gasteiger charge is 2.22. The standard InChI is InChI=1S/C17H18N6O2S/c18-17-20-12-6-2-1-5-11(12)15(22-17)16(24)19-9-13-21-14(25-23-13)8-10-4-3-7-26-10/h3-4,7H,1-2,5-6,8-9H2,(H,19,24)(H2,18,20,22). The second-order valence-corrected chi connectivity index (χ2v) is 7.14. The molecular formula is C17H18N6O2S. The zero-order valence-corrected chi connectivity index (χ0v) is 14.9. The van der Waals surface area contributed by atoms with Crippen LogP contribution in [0.5, 0.6) is 0 Å². The predicted octanol–water partition coefficient (Wildman–Crippen LogP) is 1.90. The monoisotopic (exact) mass is 370 g/mol. The van der Waals surface area contributed by atoms with Crippen LogP contribution >= 0.6 is 11.3 Å². The first-order valence-electron chi connectivity index (χ1n) is 8.46. The number of anilines is 1. The van der Waals surface area contributed by atoms with Gasteiger partial charge >= 0.3 is 0 Å². The van der Waals surface area contributed by atoms with Gasteiger partial charge in [0.25, 0.3) is 5.91 Å². The largest absolute Gasteiger partial charge is 0.368 e. The van der Waals surface area contributed by atoms with Gasteiger partial charge in [0.2, 0.25) is 11.8 Å². The molecule has 3 aromatic rings. The number of hydrogen-bond acceptors (Lipinski definition) is 8. The van der Waals surface area contributed by atoms with Gasteiger partial charge in [-0.2, -0.15) is 4.98 Å². The Bertz CT molecular complexity index is 921. The molecular weight excluding hydrogens is 352 g/mol. The number of nitrogens with two attached hydrogens (primary N) is 1. The lowest BCUT2D eigenvalue weighted by atomic mass is 9.94. The van der Waals surface area contributed by atoms with E-state index in [0.717, 1.165) is 41.8 Å².